The van der Waals surface area contributed by atoms with Gasteiger partial charge in [-0.3, -0.25) is 4.79 Å². The third-order valence-corrected chi connectivity index (χ3v) is 1.95. The number of alkyl halides is 3. The summed E-state index contributed by atoms with van der Waals surface area (Å²) in [4.78, 5) is 15.0. The highest BCUT2D eigenvalue weighted by Crippen LogP contribution is 2.21. The summed E-state index contributed by atoms with van der Waals surface area (Å²) in [5, 5.41) is 1.78. The molecule has 1 heterocycles. The van der Waals surface area contributed by atoms with Crippen molar-refractivity contribution in [3.63, 3.8) is 0 Å². The molecule has 8 heteroatoms. The third kappa shape index (κ3) is 4.10. The van der Waals surface area contributed by atoms with E-state index < -0.39 is 18.6 Å². The van der Waals surface area contributed by atoms with Crippen molar-refractivity contribution >= 4 is 17.5 Å². The summed E-state index contributed by atoms with van der Waals surface area (Å²) in [5.74, 6) is -0.868. The van der Waals surface area contributed by atoms with Crippen molar-refractivity contribution < 1.29 is 22.7 Å². The summed E-state index contributed by atoms with van der Waals surface area (Å²) >= 11 is 5.55. The van der Waals surface area contributed by atoms with Crippen LogP contribution in [0.2, 0.25) is 5.15 Å². The van der Waals surface area contributed by atoms with Gasteiger partial charge in [-0.05, 0) is 0 Å². The highest BCUT2D eigenvalue weighted by molar-refractivity contribution is 6.29. The first kappa shape index (κ1) is 13.6. The molecule has 0 fully saturated rings. The Balaban J connectivity index is 2.82. The Hall–Kier alpha value is -1.50. The smallest absolute Gasteiger partial charge is 0.405 e. The number of halogens is 4. The minimum absolute atomic E-state index is 0.0599. The number of hydrogen-bond acceptors (Lipinski definition) is 3. The number of aromatic nitrogens is 1. The lowest BCUT2D eigenvalue weighted by molar-refractivity contribution is -0.123. The van der Waals surface area contributed by atoms with Crippen molar-refractivity contribution in [1.82, 2.24) is 10.3 Å². The number of ether oxygens (including phenoxy) is 1. The lowest BCUT2D eigenvalue weighted by Crippen LogP contribution is -2.33. The maximum atomic E-state index is 11.9. The number of nitrogens with zero attached hydrogens (tertiary/aromatic N) is 1. The Morgan fingerprint density at radius 3 is 2.76 bits per heavy atom. The molecule has 0 aliphatic rings. The third-order valence-electron chi connectivity index (χ3n) is 1.75. The highest BCUT2D eigenvalue weighted by atomic mass is 35.5. The number of rotatable bonds is 3. The molecule has 0 saturated carbocycles. The molecular weight excluding hydrogens is 261 g/mol. The van der Waals surface area contributed by atoms with Crippen molar-refractivity contribution in [2.45, 2.75) is 6.18 Å². The van der Waals surface area contributed by atoms with Crippen LogP contribution >= 0.6 is 11.6 Å². The zero-order valence-electron chi connectivity index (χ0n) is 8.64. The van der Waals surface area contributed by atoms with Gasteiger partial charge in [-0.25, -0.2) is 4.98 Å². The molecule has 0 atom stereocenters. The second-order valence-electron chi connectivity index (χ2n) is 3.01. The van der Waals surface area contributed by atoms with Gasteiger partial charge in [0.2, 0.25) is 0 Å². The van der Waals surface area contributed by atoms with E-state index in [2.05, 4.69) is 4.98 Å². The molecule has 1 amide bonds. The standard InChI is InChI=1S/C9H8ClF3N2O2/c1-17-6-2-7(10)14-3-5(6)8(16)15-4-9(11,12)13/h2-3H,4H2,1H3,(H,15,16). The van der Waals surface area contributed by atoms with Crippen LogP contribution < -0.4 is 10.1 Å². The molecule has 1 aromatic rings. The SMILES string of the molecule is COc1cc(Cl)ncc1C(=O)NCC(F)(F)F. The largest absolute Gasteiger partial charge is 0.496 e. The topological polar surface area (TPSA) is 51.2 Å². The molecule has 0 radical (unpaired) electrons. The van der Waals surface area contributed by atoms with Gasteiger partial charge in [0.1, 0.15) is 17.4 Å². The molecule has 0 saturated heterocycles. The van der Waals surface area contributed by atoms with Crippen LogP contribution in [-0.2, 0) is 0 Å². The van der Waals surface area contributed by atoms with Gasteiger partial charge in [-0.1, -0.05) is 11.6 Å². The second-order valence-corrected chi connectivity index (χ2v) is 3.39. The number of carbonyl (C=O) groups is 1. The fraction of sp³-hybridized carbons (Fsp3) is 0.333. The Kier molecular flexibility index (Phi) is 4.17. The van der Waals surface area contributed by atoms with Crippen molar-refractivity contribution in [2.75, 3.05) is 13.7 Å². The zero-order chi connectivity index (χ0) is 13.1. The van der Waals surface area contributed by atoms with Crippen LogP contribution in [0, 0.1) is 0 Å². The van der Waals surface area contributed by atoms with Crippen LogP contribution in [-0.4, -0.2) is 30.7 Å². The number of methoxy groups -OCH3 is 1. The highest BCUT2D eigenvalue weighted by Gasteiger charge is 2.28. The van der Waals surface area contributed by atoms with Crippen LogP contribution in [0.5, 0.6) is 5.75 Å². The second kappa shape index (κ2) is 5.22. The summed E-state index contributed by atoms with van der Waals surface area (Å²) in [6.45, 7) is -1.42. The maximum Gasteiger partial charge on any atom is 0.405 e. The van der Waals surface area contributed by atoms with E-state index in [1.54, 1.807) is 5.32 Å². The first-order valence-electron chi connectivity index (χ1n) is 4.38. The molecule has 4 nitrogen and oxygen atoms in total. The quantitative estimate of drug-likeness (QED) is 0.854. The minimum atomic E-state index is -4.47. The van der Waals surface area contributed by atoms with Crippen molar-refractivity contribution in [3.8, 4) is 5.75 Å². The molecule has 1 N–H and O–H groups in total. The summed E-state index contributed by atoms with van der Waals surface area (Å²) in [5.41, 5.74) is -0.110. The van der Waals surface area contributed by atoms with E-state index in [-0.39, 0.29) is 16.5 Å². The fourth-order valence-corrected chi connectivity index (χ4v) is 1.18. The molecule has 1 rings (SSSR count). The van der Waals surface area contributed by atoms with Gasteiger partial charge in [-0.2, -0.15) is 13.2 Å². The van der Waals surface area contributed by atoms with Crippen LogP contribution in [0.15, 0.2) is 12.3 Å². The predicted molar refractivity (Wildman–Crippen MR) is 54.2 cm³/mol. The van der Waals surface area contributed by atoms with Crippen molar-refractivity contribution in [1.29, 1.82) is 0 Å². The number of hydrogen-bond donors (Lipinski definition) is 1. The van der Waals surface area contributed by atoms with E-state index in [9.17, 15) is 18.0 Å². The molecule has 17 heavy (non-hydrogen) atoms. The van der Waals surface area contributed by atoms with Gasteiger partial charge in [0.05, 0.1) is 12.7 Å². The first-order chi connectivity index (χ1) is 7.83. The fourth-order valence-electron chi connectivity index (χ4n) is 1.03. The Morgan fingerprint density at radius 2 is 2.24 bits per heavy atom. The van der Waals surface area contributed by atoms with Crippen LogP contribution in [0.25, 0.3) is 0 Å². The Labute approximate surface area is 99.7 Å². The lowest BCUT2D eigenvalue weighted by Gasteiger charge is -2.10. The van der Waals surface area contributed by atoms with Gasteiger partial charge >= 0.3 is 6.18 Å². The number of amides is 1. The summed E-state index contributed by atoms with van der Waals surface area (Å²) in [7, 11) is 1.27. The Bertz CT molecular complexity index is 423. The Morgan fingerprint density at radius 1 is 1.59 bits per heavy atom. The maximum absolute atomic E-state index is 11.9. The minimum Gasteiger partial charge on any atom is -0.496 e. The van der Waals surface area contributed by atoms with E-state index in [0.717, 1.165) is 6.20 Å². The summed E-state index contributed by atoms with van der Waals surface area (Å²) in [6.07, 6.45) is -3.42. The van der Waals surface area contributed by atoms with Crippen LogP contribution in [0.4, 0.5) is 13.2 Å². The summed E-state index contributed by atoms with van der Waals surface area (Å²) < 4.78 is 40.5. The molecule has 1 aromatic heterocycles. The van der Waals surface area contributed by atoms with Gasteiger partial charge in [0.15, 0.2) is 0 Å². The first-order valence-corrected chi connectivity index (χ1v) is 4.76. The number of pyridine rings is 1. The average molecular weight is 269 g/mol. The molecule has 0 unspecified atom stereocenters. The van der Waals surface area contributed by atoms with E-state index in [4.69, 9.17) is 16.3 Å². The predicted octanol–water partition coefficient (Wildman–Crippen LogP) is 2.04. The number of nitrogens with one attached hydrogen (secondary N) is 1. The van der Waals surface area contributed by atoms with Gasteiger partial charge in [-0.15, -0.1) is 0 Å². The molecule has 0 aliphatic carbocycles. The van der Waals surface area contributed by atoms with E-state index in [1.807, 2.05) is 0 Å². The van der Waals surface area contributed by atoms with E-state index in [1.165, 1.54) is 13.2 Å². The molecule has 94 valence electrons. The van der Waals surface area contributed by atoms with Gasteiger partial charge < -0.3 is 10.1 Å². The van der Waals surface area contributed by atoms with Crippen molar-refractivity contribution in [2.24, 2.45) is 0 Å². The van der Waals surface area contributed by atoms with E-state index >= 15 is 0 Å². The summed E-state index contributed by atoms with van der Waals surface area (Å²) in [6, 6.07) is 1.24. The molecule has 0 aromatic carbocycles. The van der Waals surface area contributed by atoms with E-state index in [0.29, 0.717) is 0 Å². The van der Waals surface area contributed by atoms with Crippen LogP contribution in [0.1, 0.15) is 10.4 Å². The average Bonchev–Trinajstić information content (AvgIpc) is 2.24. The van der Waals surface area contributed by atoms with Gasteiger partial charge in [0, 0.05) is 12.3 Å². The number of carbonyl (C=O) groups excluding carboxylic acids is 1. The molecule has 0 spiro atoms. The molecular formula is C9H8ClF3N2O2. The monoisotopic (exact) mass is 268 g/mol. The zero-order valence-corrected chi connectivity index (χ0v) is 9.39. The lowest BCUT2D eigenvalue weighted by atomic mass is 10.2. The van der Waals surface area contributed by atoms with Crippen molar-refractivity contribution in [3.05, 3.63) is 23.0 Å². The van der Waals surface area contributed by atoms with Gasteiger partial charge in [0.25, 0.3) is 5.91 Å². The normalized spacial score (nSPS) is 11.1. The van der Waals surface area contributed by atoms with Crippen LogP contribution in [0.3, 0.4) is 0 Å². The molecule has 0 aliphatic heterocycles. The molecule has 0 bridgehead atoms.